The van der Waals surface area contributed by atoms with Gasteiger partial charge < -0.3 is 48.3 Å². The van der Waals surface area contributed by atoms with Gasteiger partial charge in [0.25, 0.3) is 0 Å². The molecule has 0 aliphatic carbocycles. The zero-order valence-corrected chi connectivity index (χ0v) is 24.7. The highest BCUT2D eigenvalue weighted by Crippen LogP contribution is 2.09. The number of carbonyl (C=O) groups excluding carboxylic acids is 5. The molecule has 0 aromatic heterocycles. The molecule has 236 valence electrons. The molecule has 0 bridgehead atoms. The van der Waals surface area contributed by atoms with Gasteiger partial charge in [0.05, 0.1) is 19.2 Å². The van der Waals surface area contributed by atoms with Crippen LogP contribution in [0.3, 0.4) is 0 Å². The minimum Gasteiger partial charge on any atom is -0.480 e. The first-order valence-corrected chi connectivity index (χ1v) is 14.0. The molecule has 0 unspecified atom stereocenters. The average Bonchev–Trinajstić information content (AvgIpc) is 2.91. The normalized spacial score (nSPS) is 15.4. The molecule has 0 fully saturated rings. The van der Waals surface area contributed by atoms with E-state index in [9.17, 15) is 33.9 Å². The Morgan fingerprint density at radius 3 is 1.93 bits per heavy atom. The second kappa shape index (κ2) is 19.7. The molecule has 5 amide bonds. The Balaban J connectivity index is 5.19. The van der Waals surface area contributed by atoms with E-state index in [0.29, 0.717) is 25.8 Å². The fourth-order valence-corrected chi connectivity index (χ4v) is 3.69. The maximum absolute atomic E-state index is 12.9. The molecule has 0 aromatic rings. The molecule has 0 radical (unpaired) electrons. The van der Waals surface area contributed by atoms with Crippen molar-refractivity contribution in [1.29, 1.82) is 0 Å². The van der Waals surface area contributed by atoms with Gasteiger partial charge in [0.1, 0.15) is 24.2 Å². The van der Waals surface area contributed by atoms with Crippen LogP contribution in [0.15, 0.2) is 0 Å². The molecule has 0 heterocycles. The Hall–Kier alpha value is -3.30. The quantitative estimate of drug-likeness (QED) is 0.0687. The van der Waals surface area contributed by atoms with Crippen LogP contribution in [-0.4, -0.2) is 95.6 Å². The third-order valence-corrected chi connectivity index (χ3v) is 6.43. The predicted octanol–water partition coefficient (Wildman–Crippen LogP) is -2.31. The molecule has 41 heavy (non-hydrogen) atoms. The largest absolute Gasteiger partial charge is 0.480 e. The third-order valence-electron chi connectivity index (χ3n) is 6.43. The SMILES string of the molecule is CC[C@H](C)[C@H](NC(=O)CNC(=O)[C@H](CC(C)C)NC(=O)[C@H](C)NC(=O)[C@@H](N)CCCCN)C(=O)N[C@@H](CO)C(=O)O. The zero-order chi connectivity index (χ0) is 31.7. The standard InChI is InChI=1S/C26H49N7O8/c1-6-15(4)21(25(39)32-19(13-34)26(40)41)33-20(35)12-29-24(38)18(11-14(2)3)31-22(36)16(5)30-23(37)17(28)9-7-8-10-27/h14-19,21,34H,6-13,27-28H2,1-5H3,(H,29,38)(H,30,37)(H,31,36)(H,32,39)(H,33,35)(H,40,41)/t15-,16-,17-,18-,19-,21-/m0/s1. The van der Waals surface area contributed by atoms with E-state index in [2.05, 4.69) is 26.6 Å². The van der Waals surface area contributed by atoms with E-state index in [1.165, 1.54) is 6.92 Å². The molecule has 6 atom stereocenters. The van der Waals surface area contributed by atoms with E-state index >= 15 is 0 Å². The number of aliphatic carboxylic acids is 1. The fraction of sp³-hybridized carbons (Fsp3) is 0.769. The maximum atomic E-state index is 12.9. The summed E-state index contributed by atoms with van der Waals surface area (Å²) in [4.78, 5) is 74.3. The van der Waals surface area contributed by atoms with Crippen LogP contribution in [-0.2, 0) is 28.8 Å². The molecule has 11 N–H and O–H groups in total. The lowest BCUT2D eigenvalue weighted by atomic mass is 9.98. The van der Waals surface area contributed by atoms with Crippen molar-refractivity contribution in [3.63, 3.8) is 0 Å². The van der Waals surface area contributed by atoms with Crippen LogP contribution >= 0.6 is 0 Å². The average molecular weight is 588 g/mol. The van der Waals surface area contributed by atoms with Gasteiger partial charge in [-0.05, 0) is 44.6 Å². The molecule has 0 rings (SSSR count). The summed E-state index contributed by atoms with van der Waals surface area (Å²) in [5, 5.41) is 30.5. The number of carboxylic acid groups (broad SMARTS) is 1. The Bertz CT molecular complexity index is 886. The predicted molar refractivity (Wildman–Crippen MR) is 151 cm³/mol. The summed E-state index contributed by atoms with van der Waals surface area (Å²) >= 11 is 0. The molecule has 0 saturated heterocycles. The topological polar surface area (TPSA) is 255 Å². The van der Waals surface area contributed by atoms with Crippen LogP contribution in [0.5, 0.6) is 0 Å². The summed E-state index contributed by atoms with van der Waals surface area (Å²) in [7, 11) is 0. The van der Waals surface area contributed by atoms with Crippen molar-refractivity contribution in [1.82, 2.24) is 26.6 Å². The van der Waals surface area contributed by atoms with E-state index in [4.69, 9.17) is 16.6 Å². The van der Waals surface area contributed by atoms with Crippen molar-refractivity contribution in [2.24, 2.45) is 23.3 Å². The Morgan fingerprint density at radius 2 is 1.41 bits per heavy atom. The van der Waals surface area contributed by atoms with E-state index in [-0.39, 0.29) is 18.3 Å². The molecule has 15 heteroatoms. The molecule has 0 aliphatic rings. The van der Waals surface area contributed by atoms with Gasteiger partial charge in [-0.25, -0.2) is 4.79 Å². The monoisotopic (exact) mass is 587 g/mol. The lowest BCUT2D eigenvalue weighted by Gasteiger charge is -2.26. The Labute approximate surface area is 241 Å². The number of aliphatic hydroxyl groups is 1. The number of carbonyl (C=O) groups is 6. The zero-order valence-electron chi connectivity index (χ0n) is 24.7. The molecule has 0 saturated carbocycles. The summed E-state index contributed by atoms with van der Waals surface area (Å²) < 4.78 is 0. The van der Waals surface area contributed by atoms with Crippen molar-refractivity contribution in [2.75, 3.05) is 19.7 Å². The van der Waals surface area contributed by atoms with E-state index in [1.54, 1.807) is 13.8 Å². The number of nitrogens with one attached hydrogen (secondary N) is 5. The first-order valence-electron chi connectivity index (χ1n) is 14.0. The van der Waals surface area contributed by atoms with Crippen LogP contribution < -0.4 is 38.1 Å². The third kappa shape index (κ3) is 14.8. The Morgan fingerprint density at radius 1 is 0.805 bits per heavy atom. The lowest BCUT2D eigenvalue weighted by Crippen LogP contribution is -2.57. The highest BCUT2D eigenvalue weighted by molar-refractivity contribution is 5.95. The highest BCUT2D eigenvalue weighted by Gasteiger charge is 2.30. The first kappa shape index (κ1) is 37.7. The van der Waals surface area contributed by atoms with Gasteiger partial charge in [0, 0.05) is 0 Å². The van der Waals surface area contributed by atoms with Crippen LogP contribution in [0.25, 0.3) is 0 Å². The summed E-state index contributed by atoms with van der Waals surface area (Å²) in [5.74, 6) is -5.08. The van der Waals surface area contributed by atoms with Crippen molar-refractivity contribution in [3.8, 4) is 0 Å². The van der Waals surface area contributed by atoms with Crippen LogP contribution in [0.4, 0.5) is 0 Å². The van der Waals surface area contributed by atoms with E-state index in [0.717, 1.165) is 6.42 Å². The van der Waals surface area contributed by atoms with Gasteiger partial charge in [-0.15, -0.1) is 0 Å². The number of rotatable bonds is 20. The number of hydrogen-bond donors (Lipinski definition) is 9. The maximum Gasteiger partial charge on any atom is 0.328 e. The molecule has 0 spiro atoms. The number of nitrogens with two attached hydrogens (primary N) is 2. The molecular formula is C26H49N7O8. The summed E-state index contributed by atoms with van der Waals surface area (Å²) in [6.07, 6.45) is 2.52. The molecule has 0 aromatic carbocycles. The number of unbranched alkanes of at least 4 members (excludes halogenated alkanes) is 1. The minimum atomic E-state index is -1.54. The second-order valence-corrected chi connectivity index (χ2v) is 10.5. The van der Waals surface area contributed by atoms with Crippen molar-refractivity contribution < 1.29 is 39.0 Å². The van der Waals surface area contributed by atoms with Crippen LogP contribution in [0.1, 0.15) is 66.7 Å². The number of amides is 5. The van der Waals surface area contributed by atoms with Crippen LogP contribution in [0.2, 0.25) is 0 Å². The molecule has 15 nitrogen and oxygen atoms in total. The number of aliphatic hydroxyl groups excluding tert-OH is 1. The summed E-state index contributed by atoms with van der Waals surface area (Å²) in [6, 6.07) is -5.44. The van der Waals surface area contributed by atoms with Crippen molar-refractivity contribution >= 4 is 35.5 Å². The number of hydrogen-bond acceptors (Lipinski definition) is 9. The van der Waals surface area contributed by atoms with Gasteiger partial charge in [0.2, 0.25) is 29.5 Å². The van der Waals surface area contributed by atoms with Gasteiger partial charge in [-0.1, -0.05) is 40.5 Å². The van der Waals surface area contributed by atoms with E-state index in [1.807, 2.05) is 13.8 Å². The summed E-state index contributed by atoms with van der Waals surface area (Å²) in [6.45, 7) is 7.74. The first-order chi connectivity index (χ1) is 19.2. The lowest BCUT2D eigenvalue weighted by molar-refractivity contribution is -0.143. The molecule has 0 aliphatic heterocycles. The molecular weight excluding hydrogens is 538 g/mol. The van der Waals surface area contributed by atoms with Crippen molar-refractivity contribution in [2.45, 2.75) is 96.9 Å². The van der Waals surface area contributed by atoms with Gasteiger partial charge in [-0.3, -0.25) is 24.0 Å². The highest BCUT2D eigenvalue weighted by atomic mass is 16.4. The van der Waals surface area contributed by atoms with Crippen LogP contribution in [0, 0.1) is 11.8 Å². The van der Waals surface area contributed by atoms with E-state index < -0.39 is 78.9 Å². The van der Waals surface area contributed by atoms with Crippen molar-refractivity contribution in [3.05, 3.63) is 0 Å². The number of carboxylic acids is 1. The van der Waals surface area contributed by atoms with Gasteiger partial charge in [-0.2, -0.15) is 0 Å². The Kier molecular flexibility index (Phi) is 18.1. The minimum absolute atomic E-state index is 0.00655. The van der Waals surface area contributed by atoms with Gasteiger partial charge in [0.15, 0.2) is 0 Å². The fourth-order valence-electron chi connectivity index (χ4n) is 3.69. The summed E-state index contributed by atoms with van der Waals surface area (Å²) in [5.41, 5.74) is 11.3. The van der Waals surface area contributed by atoms with Gasteiger partial charge >= 0.3 is 5.97 Å². The second-order valence-electron chi connectivity index (χ2n) is 10.5. The smallest absolute Gasteiger partial charge is 0.328 e.